The van der Waals surface area contributed by atoms with Crippen molar-refractivity contribution in [3.8, 4) is 5.69 Å². The SMILES string of the molecule is c1ccc(-n2ncc3c(SCc4nc5ccccc5s4)ncnc32)cc1. The van der Waals surface area contributed by atoms with Crippen LogP contribution in [0.3, 0.4) is 0 Å². The van der Waals surface area contributed by atoms with Crippen LogP contribution in [0.2, 0.25) is 0 Å². The van der Waals surface area contributed by atoms with Crippen molar-refractivity contribution in [2.75, 3.05) is 0 Å². The Bertz CT molecular complexity index is 1160. The summed E-state index contributed by atoms with van der Waals surface area (Å²) in [7, 11) is 0. The van der Waals surface area contributed by atoms with Crippen LogP contribution in [0, 0.1) is 0 Å². The number of thiazole rings is 1. The van der Waals surface area contributed by atoms with Gasteiger partial charge in [-0.15, -0.1) is 11.3 Å². The van der Waals surface area contributed by atoms with Gasteiger partial charge < -0.3 is 0 Å². The molecule has 0 atom stereocenters. The first-order chi connectivity index (χ1) is 12.9. The first kappa shape index (κ1) is 15.5. The largest absolute Gasteiger partial charge is 0.240 e. The molecule has 7 heteroatoms. The zero-order valence-electron chi connectivity index (χ0n) is 13.6. The Labute approximate surface area is 157 Å². The second-order valence-electron chi connectivity index (χ2n) is 5.67. The van der Waals surface area contributed by atoms with Crippen molar-refractivity contribution in [2.24, 2.45) is 0 Å². The number of thioether (sulfide) groups is 1. The normalized spacial score (nSPS) is 11.4. The van der Waals surface area contributed by atoms with Crippen LogP contribution in [0.15, 0.2) is 72.1 Å². The summed E-state index contributed by atoms with van der Waals surface area (Å²) in [5.74, 6) is 0.780. The van der Waals surface area contributed by atoms with Gasteiger partial charge in [-0.25, -0.2) is 19.6 Å². The fourth-order valence-electron chi connectivity index (χ4n) is 2.81. The van der Waals surface area contributed by atoms with Crippen LogP contribution < -0.4 is 0 Å². The number of para-hydroxylation sites is 2. The van der Waals surface area contributed by atoms with Gasteiger partial charge in [-0.2, -0.15) is 5.10 Å². The Morgan fingerprint density at radius 3 is 2.69 bits per heavy atom. The molecule has 0 saturated heterocycles. The van der Waals surface area contributed by atoms with Gasteiger partial charge in [0.25, 0.3) is 0 Å². The summed E-state index contributed by atoms with van der Waals surface area (Å²) in [6.45, 7) is 0. The molecular formula is C19H13N5S2. The van der Waals surface area contributed by atoms with Crippen molar-refractivity contribution in [3.05, 3.63) is 72.1 Å². The number of benzene rings is 2. The molecule has 5 aromatic rings. The van der Waals surface area contributed by atoms with Gasteiger partial charge in [-0.3, -0.25) is 0 Å². The van der Waals surface area contributed by atoms with E-state index in [9.17, 15) is 0 Å². The fourth-order valence-corrected chi connectivity index (χ4v) is 4.73. The molecule has 26 heavy (non-hydrogen) atoms. The number of hydrogen-bond acceptors (Lipinski definition) is 6. The first-order valence-electron chi connectivity index (χ1n) is 8.10. The second-order valence-corrected chi connectivity index (χ2v) is 7.75. The van der Waals surface area contributed by atoms with Gasteiger partial charge >= 0.3 is 0 Å². The summed E-state index contributed by atoms with van der Waals surface area (Å²) >= 11 is 3.40. The molecule has 0 fully saturated rings. The summed E-state index contributed by atoms with van der Waals surface area (Å²) in [6, 6.07) is 18.2. The molecule has 3 aromatic heterocycles. The molecule has 2 aromatic carbocycles. The Morgan fingerprint density at radius 2 is 1.81 bits per heavy atom. The molecule has 5 rings (SSSR count). The topological polar surface area (TPSA) is 56.5 Å². The summed E-state index contributed by atoms with van der Waals surface area (Å²) in [5.41, 5.74) is 2.86. The minimum atomic E-state index is 0.780. The van der Waals surface area contributed by atoms with Crippen LogP contribution in [0.4, 0.5) is 0 Å². The van der Waals surface area contributed by atoms with Crippen molar-refractivity contribution in [1.29, 1.82) is 0 Å². The molecule has 5 nitrogen and oxygen atoms in total. The van der Waals surface area contributed by atoms with E-state index in [1.807, 2.05) is 59.4 Å². The number of rotatable bonds is 4. The first-order valence-corrected chi connectivity index (χ1v) is 9.90. The standard InChI is InChI=1S/C19H13N5S2/c1-2-6-13(7-3-1)24-18-14(10-22-24)19(21-12-20-18)25-11-17-23-15-8-4-5-9-16(15)26-17/h1-10,12H,11H2. The van der Waals surface area contributed by atoms with Crippen molar-refractivity contribution < 1.29 is 0 Å². The Kier molecular flexibility index (Phi) is 3.88. The van der Waals surface area contributed by atoms with Crippen LogP contribution in [0.1, 0.15) is 5.01 Å². The highest BCUT2D eigenvalue weighted by atomic mass is 32.2. The van der Waals surface area contributed by atoms with Gasteiger partial charge in [0.05, 0.1) is 33.2 Å². The molecule has 0 N–H and O–H groups in total. The average Bonchev–Trinajstić information content (AvgIpc) is 3.31. The van der Waals surface area contributed by atoms with Gasteiger partial charge in [0.1, 0.15) is 16.4 Å². The number of nitrogens with zero attached hydrogens (tertiary/aromatic N) is 5. The Morgan fingerprint density at radius 1 is 0.962 bits per heavy atom. The van der Waals surface area contributed by atoms with Crippen molar-refractivity contribution >= 4 is 44.3 Å². The second kappa shape index (κ2) is 6.51. The lowest BCUT2D eigenvalue weighted by Gasteiger charge is -2.03. The molecule has 0 aliphatic rings. The molecule has 0 radical (unpaired) electrons. The van der Waals surface area contributed by atoms with E-state index >= 15 is 0 Å². The van der Waals surface area contributed by atoms with Gasteiger partial charge in [0.15, 0.2) is 5.65 Å². The number of aromatic nitrogens is 5. The third kappa shape index (κ3) is 2.75. The third-order valence-electron chi connectivity index (χ3n) is 4.00. The predicted molar refractivity (Wildman–Crippen MR) is 106 cm³/mol. The number of fused-ring (bicyclic) bond motifs is 2. The Balaban J connectivity index is 1.46. The molecular weight excluding hydrogens is 362 g/mol. The van der Waals surface area contributed by atoms with E-state index in [2.05, 4.69) is 21.1 Å². The zero-order chi connectivity index (χ0) is 17.3. The maximum absolute atomic E-state index is 4.69. The molecule has 0 saturated carbocycles. The quantitative estimate of drug-likeness (QED) is 0.336. The highest BCUT2D eigenvalue weighted by molar-refractivity contribution is 7.98. The van der Waals surface area contributed by atoms with Gasteiger partial charge in [-0.05, 0) is 24.3 Å². The molecule has 0 unspecified atom stereocenters. The monoisotopic (exact) mass is 375 g/mol. The van der Waals surface area contributed by atoms with Crippen LogP contribution in [0.25, 0.3) is 26.9 Å². The van der Waals surface area contributed by atoms with Crippen molar-refractivity contribution in [3.63, 3.8) is 0 Å². The highest BCUT2D eigenvalue weighted by Crippen LogP contribution is 2.31. The van der Waals surface area contributed by atoms with E-state index in [0.717, 1.165) is 38.0 Å². The molecule has 0 bridgehead atoms. The molecule has 0 amide bonds. The van der Waals surface area contributed by atoms with Crippen LogP contribution >= 0.6 is 23.1 Å². The highest BCUT2D eigenvalue weighted by Gasteiger charge is 2.12. The van der Waals surface area contributed by atoms with Crippen LogP contribution in [-0.2, 0) is 5.75 Å². The van der Waals surface area contributed by atoms with Crippen molar-refractivity contribution in [1.82, 2.24) is 24.7 Å². The lowest BCUT2D eigenvalue weighted by Crippen LogP contribution is -1.97. The molecule has 3 heterocycles. The average molecular weight is 375 g/mol. The van der Waals surface area contributed by atoms with E-state index in [-0.39, 0.29) is 0 Å². The van der Waals surface area contributed by atoms with E-state index in [0.29, 0.717) is 0 Å². The van der Waals surface area contributed by atoms with Crippen molar-refractivity contribution in [2.45, 2.75) is 10.8 Å². The predicted octanol–water partition coefficient (Wildman–Crippen LogP) is 4.72. The van der Waals surface area contributed by atoms with Gasteiger partial charge in [0, 0.05) is 0 Å². The summed E-state index contributed by atoms with van der Waals surface area (Å²) < 4.78 is 3.06. The van der Waals surface area contributed by atoms with Gasteiger partial charge in [0.2, 0.25) is 0 Å². The van der Waals surface area contributed by atoms with E-state index < -0.39 is 0 Å². The van der Waals surface area contributed by atoms with E-state index in [1.54, 1.807) is 29.4 Å². The lowest BCUT2D eigenvalue weighted by molar-refractivity contribution is 0.893. The molecule has 0 spiro atoms. The maximum Gasteiger partial charge on any atom is 0.167 e. The summed E-state index contributed by atoms with van der Waals surface area (Å²) in [5, 5.41) is 7.49. The van der Waals surface area contributed by atoms with Crippen LogP contribution in [0.5, 0.6) is 0 Å². The lowest BCUT2D eigenvalue weighted by atomic mass is 10.3. The van der Waals surface area contributed by atoms with Crippen LogP contribution in [-0.4, -0.2) is 24.7 Å². The number of hydrogen-bond donors (Lipinski definition) is 0. The Hall–Kier alpha value is -2.77. The minimum absolute atomic E-state index is 0.780. The summed E-state index contributed by atoms with van der Waals surface area (Å²) in [6.07, 6.45) is 3.44. The summed E-state index contributed by atoms with van der Waals surface area (Å²) in [4.78, 5) is 13.6. The smallest absolute Gasteiger partial charge is 0.167 e. The maximum atomic E-state index is 4.69. The molecule has 0 aliphatic carbocycles. The molecule has 126 valence electrons. The van der Waals surface area contributed by atoms with Gasteiger partial charge in [-0.1, -0.05) is 42.1 Å². The minimum Gasteiger partial charge on any atom is -0.240 e. The van der Waals surface area contributed by atoms with E-state index in [1.165, 1.54) is 4.70 Å². The fraction of sp³-hybridized carbons (Fsp3) is 0.0526. The third-order valence-corrected chi connectivity index (χ3v) is 6.24. The van der Waals surface area contributed by atoms with E-state index in [4.69, 9.17) is 4.98 Å². The molecule has 0 aliphatic heterocycles. The zero-order valence-corrected chi connectivity index (χ0v) is 15.2.